The lowest BCUT2D eigenvalue weighted by atomic mass is 10.0. The third kappa shape index (κ3) is 3.89. The van der Waals surface area contributed by atoms with E-state index in [4.69, 9.17) is 5.26 Å². The molecule has 0 spiro atoms. The molecule has 1 N–H and O–H groups in total. The van der Waals surface area contributed by atoms with Crippen molar-refractivity contribution in [1.82, 2.24) is 10.2 Å². The lowest BCUT2D eigenvalue weighted by Gasteiger charge is -2.34. The molecule has 1 aliphatic rings. The molecule has 0 aromatic heterocycles. The number of nitrogens with one attached hydrogen (secondary N) is 1. The van der Waals surface area contributed by atoms with Crippen LogP contribution in [0.5, 0.6) is 5.75 Å². The van der Waals surface area contributed by atoms with Crippen LogP contribution in [0.3, 0.4) is 0 Å². The molecule has 1 aromatic carbocycles. The number of benzene rings is 1. The highest BCUT2D eigenvalue weighted by Crippen LogP contribution is 2.26. The summed E-state index contributed by atoms with van der Waals surface area (Å²) >= 11 is 0. The Hall–Kier alpha value is -1.71. The number of hydrogen-bond donors (Lipinski definition) is 1. The van der Waals surface area contributed by atoms with Crippen LogP contribution in [0.25, 0.3) is 0 Å². The van der Waals surface area contributed by atoms with Gasteiger partial charge >= 0.3 is 6.61 Å². The van der Waals surface area contributed by atoms with Crippen molar-refractivity contribution in [2.45, 2.75) is 19.1 Å². The minimum Gasteiger partial charge on any atom is -0.435 e. The minimum atomic E-state index is -2.82. The number of hydrogen-bond acceptors (Lipinski definition) is 4. The molecule has 20 heavy (non-hydrogen) atoms. The maximum Gasteiger partial charge on any atom is 0.387 e. The molecule has 1 aliphatic heterocycles. The fourth-order valence-corrected chi connectivity index (χ4v) is 2.41. The van der Waals surface area contributed by atoms with Crippen molar-refractivity contribution in [1.29, 1.82) is 5.26 Å². The number of nitriles is 1. The van der Waals surface area contributed by atoms with E-state index in [2.05, 4.69) is 21.0 Å². The molecule has 6 heteroatoms. The number of ether oxygens (including phenoxy) is 1. The van der Waals surface area contributed by atoms with Gasteiger partial charge < -0.3 is 10.1 Å². The predicted molar refractivity (Wildman–Crippen MR) is 70.5 cm³/mol. The highest BCUT2D eigenvalue weighted by atomic mass is 19.3. The van der Waals surface area contributed by atoms with E-state index in [1.807, 2.05) is 0 Å². The second kappa shape index (κ2) is 7.17. The van der Waals surface area contributed by atoms with Gasteiger partial charge in [-0.1, -0.05) is 12.1 Å². The van der Waals surface area contributed by atoms with Gasteiger partial charge in [-0.15, -0.1) is 0 Å². The summed E-state index contributed by atoms with van der Waals surface area (Å²) in [4.78, 5) is 2.24. The van der Waals surface area contributed by atoms with E-state index in [0.29, 0.717) is 6.42 Å². The van der Waals surface area contributed by atoms with Crippen molar-refractivity contribution in [3.63, 3.8) is 0 Å². The summed E-state index contributed by atoms with van der Waals surface area (Å²) in [6.07, 6.45) is 0.384. The van der Waals surface area contributed by atoms with Gasteiger partial charge in [-0.05, 0) is 17.7 Å². The Morgan fingerprint density at radius 2 is 1.90 bits per heavy atom. The summed E-state index contributed by atoms with van der Waals surface area (Å²) in [6, 6.07) is 8.75. The molecule has 2 rings (SSSR count). The Balaban J connectivity index is 2.10. The second-order valence-electron chi connectivity index (χ2n) is 4.61. The first-order chi connectivity index (χ1) is 9.70. The van der Waals surface area contributed by atoms with Crippen LogP contribution in [0.15, 0.2) is 24.3 Å². The van der Waals surface area contributed by atoms with Crippen molar-refractivity contribution in [3.05, 3.63) is 29.8 Å². The number of alkyl halides is 2. The number of piperazine rings is 1. The van der Waals surface area contributed by atoms with Gasteiger partial charge in [-0.3, -0.25) is 4.90 Å². The van der Waals surface area contributed by atoms with E-state index < -0.39 is 6.61 Å². The van der Waals surface area contributed by atoms with Crippen LogP contribution in [0.1, 0.15) is 18.0 Å². The predicted octanol–water partition coefficient (Wildman–Crippen LogP) is 2.15. The first-order valence-corrected chi connectivity index (χ1v) is 6.57. The van der Waals surface area contributed by atoms with Gasteiger partial charge in [-0.2, -0.15) is 14.0 Å². The van der Waals surface area contributed by atoms with Gasteiger partial charge in [0.25, 0.3) is 0 Å². The van der Waals surface area contributed by atoms with Crippen molar-refractivity contribution in [2.24, 2.45) is 0 Å². The summed E-state index contributed by atoms with van der Waals surface area (Å²) in [7, 11) is 0. The zero-order chi connectivity index (χ0) is 14.4. The molecule has 1 atom stereocenters. The first-order valence-electron chi connectivity index (χ1n) is 6.57. The van der Waals surface area contributed by atoms with Crippen LogP contribution in [-0.4, -0.2) is 37.7 Å². The highest BCUT2D eigenvalue weighted by molar-refractivity contribution is 5.29. The van der Waals surface area contributed by atoms with Crippen LogP contribution < -0.4 is 10.1 Å². The van der Waals surface area contributed by atoms with E-state index in [1.165, 1.54) is 12.1 Å². The Labute approximate surface area is 116 Å². The monoisotopic (exact) mass is 281 g/mol. The largest absolute Gasteiger partial charge is 0.435 e. The van der Waals surface area contributed by atoms with Crippen molar-refractivity contribution < 1.29 is 13.5 Å². The quantitative estimate of drug-likeness (QED) is 0.898. The zero-order valence-corrected chi connectivity index (χ0v) is 11.1. The molecule has 0 saturated carbocycles. The number of rotatable bonds is 5. The van der Waals surface area contributed by atoms with E-state index >= 15 is 0 Å². The van der Waals surface area contributed by atoms with Crippen molar-refractivity contribution in [3.8, 4) is 11.8 Å². The van der Waals surface area contributed by atoms with Gasteiger partial charge in [0.1, 0.15) is 5.75 Å². The van der Waals surface area contributed by atoms with Crippen molar-refractivity contribution in [2.75, 3.05) is 26.2 Å². The molecule has 1 heterocycles. The first kappa shape index (κ1) is 14.7. The lowest BCUT2D eigenvalue weighted by molar-refractivity contribution is -0.0498. The molecule has 0 aliphatic carbocycles. The fourth-order valence-electron chi connectivity index (χ4n) is 2.41. The molecule has 0 bridgehead atoms. The lowest BCUT2D eigenvalue weighted by Crippen LogP contribution is -2.45. The highest BCUT2D eigenvalue weighted by Gasteiger charge is 2.22. The van der Waals surface area contributed by atoms with Gasteiger partial charge in [0.05, 0.1) is 12.5 Å². The molecule has 108 valence electrons. The molecule has 4 nitrogen and oxygen atoms in total. The summed E-state index contributed by atoms with van der Waals surface area (Å²) in [6.45, 7) is 0.732. The Morgan fingerprint density at radius 3 is 2.45 bits per heavy atom. The maximum atomic E-state index is 12.1. The minimum absolute atomic E-state index is 0.00250. The fraction of sp³-hybridized carbons (Fsp3) is 0.500. The Bertz CT molecular complexity index is 452. The Morgan fingerprint density at radius 1 is 1.25 bits per heavy atom. The smallest absolute Gasteiger partial charge is 0.387 e. The molecular weight excluding hydrogens is 264 g/mol. The molecule has 0 radical (unpaired) electrons. The Kier molecular flexibility index (Phi) is 5.27. The van der Waals surface area contributed by atoms with Crippen LogP contribution in [0.4, 0.5) is 8.78 Å². The van der Waals surface area contributed by atoms with Gasteiger partial charge in [-0.25, -0.2) is 0 Å². The van der Waals surface area contributed by atoms with Crippen LogP contribution in [-0.2, 0) is 0 Å². The topological polar surface area (TPSA) is 48.3 Å². The molecule has 0 amide bonds. The average molecular weight is 281 g/mol. The zero-order valence-electron chi connectivity index (χ0n) is 11.1. The van der Waals surface area contributed by atoms with Gasteiger partial charge in [0.15, 0.2) is 0 Å². The molecular formula is C14H17F2N3O. The molecule has 1 saturated heterocycles. The van der Waals surface area contributed by atoms with Gasteiger partial charge in [0.2, 0.25) is 0 Å². The third-order valence-corrected chi connectivity index (χ3v) is 3.37. The standard InChI is InChI=1S/C14H17F2N3O/c15-14(16)20-12-3-1-11(2-4-12)13(5-6-17)19-9-7-18-8-10-19/h1-4,13-14,18H,5,7-10H2/t13-/m0/s1. The molecule has 0 unspecified atom stereocenters. The summed E-state index contributed by atoms with van der Waals surface area (Å²) < 4.78 is 28.6. The molecule has 1 fully saturated rings. The third-order valence-electron chi connectivity index (χ3n) is 3.37. The van der Waals surface area contributed by atoms with Gasteiger partial charge in [0, 0.05) is 32.2 Å². The van der Waals surface area contributed by atoms with Crippen molar-refractivity contribution >= 4 is 0 Å². The van der Waals surface area contributed by atoms with Crippen LogP contribution >= 0.6 is 0 Å². The number of nitrogens with zero attached hydrogens (tertiary/aromatic N) is 2. The van der Waals surface area contributed by atoms with E-state index in [0.717, 1.165) is 31.7 Å². The number of halogens is 2. The SMILES string of the molecule is N#CC[C@@H](c1ccc(OC(F)F)cc1)N1CCNCC1. The van der Waals surface area contributed by atoms with E-state index in [-0.39, 0.29) is 11.8 Å². The van der Waals surface area contributed by atoms with Crippen LogP contribution in [0, 0.1) is 11.3 Å². The van der Waals surface area contributed by atoms with Crippen LogP contribution in [0.2, 0.25) is 0 Å². The normalized spacial score (nSPS) is 17.7. The molecule has 1 aromatic rings. The maximum absolute atomic E-state index is 12.1. The van der Waals surface area contributed by atoms with E-state index in [1.54, 1.807) is 12.1 Å². The average Bonchev–Trinajstić information content (AvgIpc) is 2.46. The van der Waals surface area contributed by atoms with E-state index in [9.17, 15) is 8.78 Å². The summed E-state index contributed by atoms with van der Waals surface area (Å²) in [5, 5.41) is 12.3. The second-order valence-corrected chi connectivity index (χ2v) is 4.61. The summed E-state index contributed by atoms with van der Waals surface area (Å²) in [5.74, 6) is 0.139. The summed E-state index contributed by atoms with van der Waals surface area (Å²) in [5.41, 5.74) is 0.954.